The van der Waals surface area contributed by atoms with E-state index in [1.165, 1.54) is 0 Å². The molecule has 3 N–H and O–H groups in total. The molecule has 0 saturated carbocycles. The van der Waals surface area contributed by atoms with Crippen molar-refractivity contribution >= 4 is 23.3 Å². The summed E-state index contributed by atoms with van der Waals surface area (Å²) >= 11 is 0. The molecular weight excluding hydrogens is 336 g/mol. The Bertz CT molecular complexity index is 837. The number of amides is 1. The molecule has 3 rings (SSSR count). The molecule has 0 spiro atoms. The molecule has 1 aliphatic rings. The summed E-state index contributed by atoms with van der Waals surface area (Å²) in [5.74, 6) is -3.96. The zero-order valence-electron chi connectivity index (χ0n) is 13.8. The molecule has 7 heteroatoms. The van der Waals surface area contributed by atoms with E-state index in [1.54, 1.807) is 29.2 Å². The van der Waals surface area contributed by atoms with Gasteiger partial charge < -0.3 is 20.4 Å². The maximum atomic E-state index is 12.7. The van der Waals surface area contributed by atoms with Gasteiger partial charge in [-0.25, -0.2) is 0 Å². The fraction of sp³-hybridized carbons (Fsp3) is 0.211. The number of anilines is 1. The van der Waals surface area contributed by atoms with E-state index in [0.717, 1.165) is 5.56 Å². The number of carboxylic acid groups (broad SMARTS) is 1. The summed E-state index contributed by atoms with van der Waals surface area (Å²) in [4.78, 5) is 37.3. The highest BCUT2D eigenvalue weighted by Crippen LogP contribution is 2.34. The largest absolute Gasteiger partial charge is 0.480 e. The monoisotopic (exact) mass is 354 g/mol. The van der Waals surface area contributed by atoms with Crippen LogP contribution >= 0.6 is 0 Å². The molecule has 0 bridgehead atoms. The highest BCUT2D eigenvalue weighted by Gasteiger charge is 2.43. The van der Waals surface area contributed by atoms with Crippen molar-refractivity contribution in [2.75, 3.05) is 11.4 Å². The predicted octanol–water partition coefficient (Wildman–Crippen LogP) is 1.02. The quantitative estimate of drug-likeness (QED) is 0.692. The van der Waals surface area contributed by atoms with Crippen LogP contribution in [-0.4, -0.2) is 40.6 Å². The van der Waals surface area contributed by atoms with Gasteiger partial charge in [-0.3, -0.25) is 14.4 Å². The molecule has 26 heavy (non-hydrogen) atoms. The second-order valence-corrected chi connectivity index (χ2v) is 6.00. The molecule has 2 atom stereocenters. The van der Waals surface area contributed by atoms with Crippen molar-refractivity contribution < 1.29 is 24.6 Å². The van der Waals surface area contributed by atoms with Gasteiger partial charge in [0.1, 0.15) is 18.7 Å². The fourth-order valence-electron chi connectivity index (χ4n) is 3.04. The van der Waals surface area contributed by atoms with Crippen LogP contribution in [0.15, 0.2) is 54.6 Å². The van der Waals surface area contributed by atoms with Gasteiger partial charge in [0.25, 0.3) is 0 Å². The molecular formula is C19H18N2O5. The van der Waals surface area contributed by atoms with Crippen LogP contribution in [0.4, 0.5) is 5.69 Å². The first-order valence-corrected chi connectivity index (χ1v) is 8.10. The third-order valence-corrected chi connectivity index (χ3v) is 4.27. The van der Waals surface area contributed by atoms with Gasteiger partial charge >= 0.3 is 5.97 Å². The van der Waals surface area contributed by atoms with Crippen LogP contribution in [0.1, 0.15) is 15.9 Å². The van der Waals surface area contributed by atoms with Crippen molar-refractivity contribution in [3.63, 3.8) is 0 Å². The molecule has 1 amide bonds. The third-order valence-electron chi connectivity index (χ3n) is 4.27. The number of nitrogens with one attached hydrogen (secondary N) is 1. The molecule has 1 heterocycles. The highest BCUT2D eigenvalue weighted by molar-refractivity contribution is 6.15. The lowest BCUT2D eigenvalue weighted by Crippen LogP contribution is -2.54. The number of benzene rings is 2. The normalized spacial score (nSPS) is 19.0. The van der Waals surface area contributed by atoms with Crippen LogP contribution in [0, 0.1) is 5.92 Å². The average Bonchev–Trinajstić information content (AvgIpc) is 2.64. The number of aliphatic hydroxyl groups is 1. The number of Topliss-reactive ketones (excluding diaryl/α,β-unsaturated/α-hetero) is 1. The molecule has 0 fully saturated rings. The maximum Gasteiger partial charge on any atom is 0.322 e. The van der Waals surface area contributed by atoms with E-state index in [2.05, 4.69) is 5.32 Å². The van der Waals surface area contributed by atoms with Crippen molar-refractivity contribution in [2.24, 2.45) is 5.92 Å². The number of carboxylic acids is 1. The van der Waals surface area contributed by atoms with E-state index in [1.807, 2.05) is 30.3 Å². The number of ketones is 1. The minimum atomic E-state index is -1.40. The Labute approximate surface area is 149 Å². The lowest BCUT2D eigenvalue weighted by atomic mass is 9.88. The van der Waals surface area contributed by atoms with E-state index in [4.69, 9.17) is 5.11 Å². The molecule has 1 aliphatic heterocycles. The Kier molecular flexibility index (Phi) is 4.99. The van der Waals surface area contributed by atoms with Gasteiger partial charge in [0.15, 0.2) is 5.78 Å². The summed E-state index contributed by atoms with van der Waals surface area (Å²) in [6, 6.07) is 16.1. The number of aliphatic carboxylic acids is 1. The van der Waals surface area contributed by atoms with Crippen molar-refractivity contribution in [2.45, 2.75) is 12.8 Å². The second-order valence-electron chi connectivity index (χ2n) is 6.00. The minimum absolute atomic E-state index is 0.301. The van der Waals surface area contributed by atoms with Crippen molar-refractivity contribution in [3.05, 3.63) is 65.7 Å². The van der Waals surface area contributed by atoms with E-state index in [-0.39, 0.29) is 0 Å². The zero-order valence-corrected chi connectivity index (χ0v) is 13.8. The Hall–Kier alpha value is -3.19. The van der Waals surface area contributed by atoms with Gasteiger partial charge in [0.2, 0.25) is 5.91 Å². The summed E-state index contributed by atoms with van der Waals surface area (Å²) in [6.07, 6.45) is -1.40. The van der Waals surface area contributed by atoms with Crippen LogP contribution in [-0.2, 0) is 16.1 Å². The van der Waals surface area contributed by atoms with Crippen molar-refractivity contribution in [1.29, 1.82) is 0 Å². The summed E-state index contributed by atoms with van der Waals surface area (Å²) in [5, 5.41) is 21.6. The summed E-state index contributed by atoms with van der Waals surface area (Å²) in [7, 11) is 0. The first kappa shape index (κ1) is 17.6. The lowest BCUT2D eigenvalue weighted by Gasteiger charge is -2.39. The Balaban J connectivity index is 1.95. The molecule has 7 nitrogen and oxygen atoms in total. The topological polar surface area (TPSA) is 107 Å². The van der Waals surface area contributed by atoms with Gasteiger partial charge in [-0.05, 0) is 17.7 Å². The molecule has 0 aliphatic carbocycles. The number of para-hydroxylation sites is 1. The van der Waals surface area contributed by atoms with Crippen LogP contribution in [0.3, 0.4) is 0 Å². The van der Waals surface area contributed by atoms with Gasteiger partial charge in [-0.15, -0.1) is 0 Å². The maximum absolute atomic E-state index is 12.7. The Morgan fingerprint density at radius 2 is 1.69 bits per heavy atom. The molecule has 0 radical (unpaired) electrons. The SMILES string of the molecule is O=C(O)CNC(=O)C1C(=O)c2ccccc2N(Cc2ccccc2)C1O. The molecule has 0 aromatic heterocycles. The Morgan fingerprint density at radius 1 is 1.04 bits per heavy atom. The first-order chi connectivity index (χ1) is 12.5. The lowest BCUT2D eigenvalue weighted by molar-refractivity contribution is -0.139. The number of nitrogens with zero attached hydrogens (tertiary/aromatic N) is 1. The predicted molar refractivity (Wildman–Crippen MR) is 93.5 cm³/mol. The van der Waals surface area contributed by atoms with E-state index in [0.29, 0.717) is 17.8 Å². The van der Waals surface area contributed by atoms with Gasteiger partial charge in [-0.1, -0.05) is 42.5 Å². The number of aliphatic hydroxyl groups excluding tert-OH is 1. The van der Waals surface area contributed by atoms with Crippen LogP contribution in [0.5, 0.6) is 0 Å². The molecule has 0 saturated heterocycles. The molecule has 2 unspecified atom stereocenters. The molecule has 2 aromatic carbocycles. The van der Waals surface area contributed by atoms with Gasteiger partial charge in [0, 0.05) is 17.8 Å². The molecule has 2 aromatic rings. The minimum Gasteiger partial charge on any atom is -0.480 e. The van der Waals surface area contributed by atoms with Gasteiger partial charge in [-0.2, -0.15) is 0 Å². The summed E-state index contributed by atoms with van der Waals surface area (Å²) in [6.45, 7) is -0.315. The number of carbonyl (C=O) groups is 3. The van der Waals surface area contributed by atoms with E-state index < -0.39 is 36.4 Å². The average molecular weight is 354 g/mol. The first-order valence-electron chi connectivity index (χ1n) is 8.10. The fourth-order valence-corrected chi connectivity index (χ4v) is 3.04. The highest BCUT2D eigenvalue weighted by atomic mass is 16.4. The zero-order chi connectivity index (χ0) is 18.7. The van der Waals surface area contributed by atoms with E-state index >= 15 is 0 Å². The number of rotatable bonds is 5. The summed E-state index contributed by atoms with van der Waals surface area (Å²) < 4.78 is 0. The van der Waals surface area contributed by atoms with Crippen LogP contribution in [0.2, 0.25) is 0 Å². The Morgan fingerprint density at radius 3 is 2.38 bits per heavy atom. The number of carbonyl (C=O) groups excluding carboxylic acids is 2. The smallest absolute Gasteiger partial charge is 0.322 e. The molecule has 134 valence electrons. The van der Waals surface area contributed by atoms with E-state index in [9.17, 15) is 19.5 Å². The van der Waals surface area contributed by atoms with Crippen LogP contribution < -0.4 is 10.2 Å². The van der Waals surface area contributed by atoms with Crippen molar-refractivity contribution in [3.8, 4) is 0 Å². The number of hydrogen-bond donors (Lipinski definition) is 3. The van der Waals surface area contributed by atoms with Crippen molar-refractivity contribution in [1.82, 2.24) is 5.32 Å². The summed E-state index contributed by atoms with van der Waals surface area (Å²) in [5.41, 5.74) is 1.76. The third kappa shape index (κ3) is 3.43. The van der Waals surface area contributed by atoms with Gasteiger partial charge in [0.05, 0.1) is 0 Å². The second kappa shape index (κ2) is 7.37. The van der Waals surface area contributed by atoms with Crippen LogP contribution in [0.25, 0.3) is 0 Å². The standard InChI is InChI=1S/C19H18N2O5/c22-15(23)10-20-18(25)16-17(24)13-8-4-5-9-14(13)21(19(16)26)11-12-6-2-1-3-7-12/h1-9,16,19,26H,10-11H2,(H,20,25)(H,22,23). The number of fused-ring (bicyclic) bond motifs is 1. The number of hydrogen-bond acceptors (Lipinski definition) is 5.